The number of ether oxygens (including phenoxy) is 1. The van der Waals surface area contributed by atoms with Gasteiger partial charge in [0, 0.05) is 41.8 Å². The van der Waals surface area contributed by atoms with E-state index in [1.807, 2.05) is 12.1 Å². The van der Waals surface area contributed by atoms with Gasteiger partial charge >= 0.3 is 30.0 Å². The molecule has 6 N–H and O–H groups in total. The molecule has 1 aliphatic carbocycles. The minimum absolute atomic E-state index is 0.0297. The molecule has 272 valence electrons. The summed E-state index contributed by atoms with van der Waals surface area (Å²) < 4.78 is 43.5. The second-order valence-corrected chi connectivity index (χ2v) is 12.0. The maximum atomic E-state index is 12.9. The number of hydrogen-bond donors (Lipinski definition) is 6. The number of aliphatic carboxylic acids is 1. The maximum Gasteiger partial charge on any atom is 0.422 e. The molecule has 2 aromatic heterocycles. The molecule has 1 aliphatic rings. The molecule has 3 amide bonds. The zero-order chi connectivity index (χ0) is 37.3. The number of pyridine rings is 1. The molecule has 4 aromatic rings. The smallest absolute Gasteiger partial charge is 0.422 e. The lowest BCUT2D eigenvalue weighted by atomic mass is 10.1. The largest absolute Gasteiger partial charge is 0.480 e. The van der Waals surface area contributed by atoms with Gasteiger partial charge in [0.05, 0.1) is 5.54 Å². The van der Waals surface area contributed by atoms with Crippen LogP contribution in [0.4, 0.5) is 30.8 Å². The quantitative estimate of drug-likeness (QED) is 0.0970. The van der Waals surface area contributed by atoms with Crippen molar-refractivity contribution in [2.45, 2.75) is 37.0 Å². The number of anilines is 3. The summed E-state index contributed by atoms with van der Waals surface area (Å²) in [5, 5.41) is 23.0. The topological polar surface area (TPSA) is 209 Å². The number of halogens is 4. The van der Waals surface area contributed by atoms with Gasteiger partial charge in [0.15, 0.2) is 6.61 Å². The third-order valence-corrected chi connectivity index (χ3v) is 7.83. The number of hydrogen-bond acceptors (Lipinski definition) is 11. The van der Waals surface area contributed by atoms with E-state index in [2.05, 4.69) is 46.5 Å². The van der Waals surface area contributed by atoms with E-state index in [-0.39, 0.29) is 24.0 Å². The van der Waals surface area contributed by atoms with Gasteiger partial charge in [-0.15, -0.1) is 0 Å². The summed E-state index contributed by atoms with van der Waals surface area (Å²) in [7, 11) is 0. The number of alkyl halides is 3. The molecule has 0 unspecified atom stereocenters. The van der Waals surface area contributed by atoms with E-state index in [0.29, 0.717) is 30.0 Å². The summed E-state index contributed by atoms with van der Waals surface area (Å²) in [5.41, 5.74) is 1.49. The third kappa shape index (κ3) is 10.7. The Bertz CT molecular complexity index is 1900. The van der Waals surface area contributed by atoms with Crippen LogP contribution in [0.2, 0.25) is 5.02 Å². The van der Waals surface area contributed by atoms with Crippen molar-refractivity contribution in [2.24, 2.45) is 0 Å². The zero-order valence-corrected chi connectivity index (χ0v) is 27.8. The number of amides is 3. The average molecular weight is 742 g/mol. The molecular weight excluding hydrogens is 711 g/mol. The molecule has 0 bridgehead atoms. The Balaban J connectivity index is 1.19. The fourth-order valence-electron chi connectivity index (χ4n) is 4.77. The number of carbonyl (C=O) groups is 4. The monoisotopic (exact) mass is 741 g/mol. The standard InChI is InChI=1S/C33H31ClF3N9O6/c34-22-7-5-21(6-8-22)32(12-13-32)46-30-43-29(44-31(45-30)52-18-33(35,36)37)41-23-9-3-20(4-10-23)25(47)42-24(28(50)51)17-40-27(49)26(48)39-15-11-19-2-1-14-38-16-19/h1-10,14,16,24H,11-13,15,17-18H2,(H,39,48)(H,40,49)(H,42,47)(H,50,51)(H2,41,43,44,45,46)/t24-/m0/s1. The lowest BCUT2D eigenvalue weighted by Gasteiger charge is -2.19. The Labute approximate surface area is 298 Å². The molecule has 2 aromatic carbocycles. The first kappa shape index (κ1) is 37.2. The number of rotatable bonds is 15. The van der Waals surface area contributed by atoms with Crippen LogP contribution in [0.25, 0.3) is 0 Å². The predicted octanol–water partition coefficient (Wildman–Crippen LogP) is 3.36. The Morgan fingerprint density at radius 3 is 2.25 bits per heavy atom. The molecule has 1 fully saturated rings. The molecular formula is C33H31ClF3N9O6. The lowest BCUT2D eigenvalue weighted by molar-refractivity contribution is -0.154. The molecule has 15 nitrogen and oxygen atoms in total. The second kappa shape index (κ2) is 16.3. The van der Waals surface area contributed by atoms with Crippen LogP contribution in [-0.4, -0.2) is 80.6 Å². The third-order valence-electron chi connectivity index (χ3n) is 7.58. The summed E-state index contributed by atoms with van der Waals surface area (Å²) in [6, 6.07) is 14.0. The van der Waals surface area contributed by atoms with Gasteiger partial charge in [-0.2, -0.15) is 28.1 Å². The van der Waals surface area contributed by atoms with E-state index in [1.54, 1.807) is 36.7 Å². The molecule has 5 rings (SSSR count). The van der Waals surface area contributed by atoms with E-state index in [4.69, 9.17) is 16.3 Å². The van der Waals surface area contributed by atoms with Gasteiger partial charge in [0.2, 0.25) is 11.9 Å². The fourth-order valence-corrected chi connectivity index (χ4v) is 4.90. The molecule has 2 heterocycles. The van der Waals surface area contributed by atoms with Gasteiger partial charge < -0.3 is 36.4 Å². The summed E-state index contributed by atoms with van der Waals surface area (Å²) in [5.74, 6) is -4.54. The van der Waals surface area contributed by atoms with Crippen molar-refractivity contribution in [3.63, 3.8) is 0 Å². The molecule has 19 heteroatoms. The Hall–Kier alpha value is -6.04. The van der Waals surface area contributed by atoms with Gasteiger partial charge in [-0.1, -0.05) is 29.8 Å². The van der Waals surface area contributed by atoms with Crippen LogP contribution in [0.15, 0.2) is 73.1 Å². The average Bonchev–Trinajstić information content (AvgIpc) is 3.89. The van der Waals surface area contributed by atoms with E-state index < -0.39 is 60.6 Å². The molecule has 0 spiro atoms. The summed E-state index contributed by atoms with van der Waals surface area (Å²) >= 11 is 6.01. The zero-order valence-electron chi connectivity index (χ0n) is 27.0. The van der Waals surface area contributed by atoms with Crippen LogP contribution in [-0.2, 0) is 26.3 Å². The van der Waals surface area contributed by atoms with Crippen LogP contribution in [0.3, 0.4) is 0 Å². The summed E-state index contributed by atoms with van der Waals surface area (Å²) in [6.07, 6.45) is 0.384. The highest BCUT2D eigenvalue weighted by Gasteiger charge is 2.45. The first-order valence-electron chi connectivity index (χ1n) is 15.6. The maximum absolute atomic E-state index is 12.9. The molecule has 0 aliphatic heterocycles. The molecule has 1 saturated carbocycles. The van der Waals surface area contributed by atoms with Crippen molar-refractivity contribution in [3.05, 3.63) is 94.8 Å². The van der Waals surface area contributed by atoms with Crippen LogP contribution >= 0.6 is 11.6 Å². The SMILES string of the molecule is O=C(NCCc1cccnc1)C(=O)NC[C@H](NC(=O)c1ccc(Nc2nc(NC3(c4ccc(Cl)cc4)CC3)nc(OCC(F)(F)F)n2)cc1)C(=O)O. The summed E-state index contributed by atoms with van der Waals surface area (Å²) in [4.78, 5) is 65.2. The number of carboxylic acid groups (broad SMARTS) is 1. The fraction of sp³-hybridized carbons (Fsp3) is 0.273. The van der Waals surface area contributed by atoms with Crippen molar-refractivity contribution in [1.82, 2.24) is 35.9 Å². The van der Waals surface area contributed by atoms with Crippen molar-refractivity contribution in [1.29, 1.82) is 0 Å². The van der Waals surface area contributed by atoms with E-state index in [9.17, 15) is 37.5 Å². The first-order valence-corrected chi connectivity index (χ1v) is 16.0. The van der Waals surface area contributed by atoms with Gasteiger partial charge in [-0.25, -0.2) is 4.79 Å². The number of carboxylic acids is 1. The van der Waals surface area contributed by atoms with Crippen LogP contribution < -0.4 is 31.3 Å². The number of carbonyl (C=O) groups excluding carboxylic acids is 3. The van der Waals surface area contributed by atoms with Gasteiger partial charge in [-0.3, -0.25) is 19.4 Å². The molecule has 0 saturated heterocycles. The highest BCUT2D eigenvalue weighted by Crippen LogP contribution is 2.48. The van der Waals surface area contributed by atoms with Crippen molar-refractivity contribution >= 4 is 52.9 Å². The lowest BCUT2D eigenvalue weighted by Crippen LogP contribution is -2.51. The van der Waals surface area contributed by atoms with Crippen LogP contribution in [0, 0.1) is 0 Å². The normalized spacial score (nSPS) is 13.6. The van der Waals surface area contributed by atoms with Crippen molar-refractivity contribution in [2.75, 3.05) is 30.3 Å². The Morgan fingerprint density at radius 2 is 1.62 bits per heavy atom. The minimum atomic E-state index is -4.65. The van der Waals surface area contributed by atoms with Crippen molar-refractivity contribution < 1.29 is 42.2 Å². The number of benzene rings is 2. The van der Waals surface area contributed by atoms with E-state index in [1.165, 1.54) is 24.3 Å². The van der Waals surface area contributed by atoms with Gasteiger partial charge in [0.25, 0.3) is 5.91 Å². The van der Waals surface area contributed by atoms with Gasteiger partial charge in [0.1, 0.15) is 6.04 Å². The highest BCUT2D eigenvalue weighted by atomic mass is 35.5. The van der Waals surface area contributed by atoms with E-state index >= 15 is 0 Å². The van der Waals surface area contributed by atoms with Crippen LogP contribution in [0.1, 0.15) is 34.3 Å². The summed E-state index contributed by atoms with van der Waals surface area (Å²) in [6.45, 7) is -2.07. The molecule has 1 atom stereocenters. The van der Waals surface area contributed by atoms with Crippen LogP contribution in [0.5, 0.6) is 6.01 Å². The minimum Gasteiger partial charge on any atom is -0.480 e. The van der Waals surface area contributed by atoms with Crippen molar-refractivity contribution in [3.8, 4) is 6.01 Å². The Morgan fingerprint density at radius 1 is 0.923 bits per heavy atom. The highest BCUT2D eigenvalue weighted by molar-refractivity contribution is 6.35. The molecule has 52 heavy (non-hydrogen) atoms. The number of aromatic nitrogens is 4. The Kier molecular flexibility index (Phi) is 11.7. The predicted molar refractivity (Wildman–Crippen MR) is 180 cm³/mol. The van der Waals surface area contributed by atoms with E-state index in [0.717, 1.165) is 11.1 Å². The number of nitrogens with zero attached hydrogens (tertiary/aromatic N) is 4. The second-order valence-electron chi connectivity index (χ2n) is 11.5. The molecule has 0 radical (unpaired) electrons. The number of nitrogens with one attached hydrogen (secondary N) is 5. The van der Waals surface area contributed by atoms with Gasteiger partial charge in [-0.05, 0) is 72.9 Å². The first-order chi connectivity index (χ1) is 24.8.